The summed E-state index contributed by atoms with van der Waals surface area (Å²) in [7, 11) is 0. The number of hydrogen-bond donors (Lipinski definition) is 3. The molecule has 0 radical (unpaired) electrons. The van der Waals surface area contributed by atoms with E-state index in [0.717, 1.165) is 38.4 Å². The van der Waals surface area contributed by atoms with Crippen LogP contribution < -0.4 is 16.6 Å². The third kappa shape index (κ3) is 5.29. The highest BCUT2D eigenvalue weighted by atomic mass is 16.2. The van der Waals surface area contributed by atoms with Crippen LogP contribution >= 0.6 is 0 Å². The predicted molar refractivity (Wildman–Crippen MR) is 95.6 cm³/mol. The molecule has 25 heavy (non-hydrogen) atoms. The Balaban J connectivity index is 1.48. The lowest BCUT2D eigenvalue weighted by Crippen LogP contribution is -2.49. The van der Waals surface area contributed by atoms with Crippen molar-refractivity contribution in [1.29, 1.82) is 0 Å². The minimum absolute atomic E-state index is 0.00869. The van der Waals surface area contributed by atoms with Gasteiger partial charge in [-0.05, 0) is 38.1 Å². The molecule has 7 heteroatoms. The van der Waals surface area contributed by atoms with Crippen molar-refractivity contribution in [2.75, 3.05) is 19.6 Å². The summed E-state index contributed by atoms with van der Waals surface area (Å²) in [6.45, 7) is 3.15. The number of aromatic nitrogens is 2. The number of nitrogens with one attached hydrogen (secondary N) is 3. The standard InChI is InChI=1S/C18H28N4O3/c23-16(9-14-10-19-18(25)21-17(14)24)20-15-7-4-8-22(12-15)11-13-5-2-1-3-6-13/h10,13,15H,1-9,11-12H2,(H,20,23)(H2,19,21,24,25)/t15-/m1/s1. The van der Waals surface area contributed by atoms with Gasteiger partial charge in [-0.2, -0.15) is 0 Å². The number of H-pyrrole nitrogens is 2. The Hall–Kier alpha value is -1.89. The molecule has 7 nitrogen and oxygen atoms in total. The number of piperidine rings is 1. The fourth-order valence-corrected chi connectivity index (χ4v) is 4.09. The first kappa shape index (κ1) is 17.9. The van der Waals surface area contributed by atoms with Crippen molar-refractivity contribution < 1.29 is 4.79 Å². The minimum atomic E-state index is -0.556. The van der Waals surface area contributed by atoms with E-state index in [1.54, 1.807) is 0 Å². The van der Waals surface area contributed by atoms with Crippen LogP contribution in [0.15, 0.2) is 15.8 Å². The van der Waals surface area contributed by atoms with Gasteiger partial charge in [0.25, 0.3) is 5.56 Å². The highest BCUT2D eigenvalue weighted by molar-refractivity contribution is 5.78. The molecule has 3 rings (SSSR count). The SMILES string of the molecule is O=C(Cc1c[nH]c(=O)[nH]c1=O)N[C@@H]1CCCN(CC2CCCCC2)C1. The number of likely N-dealkylation sites (tertiary alicyclic amines) is 1. The average Bonchev–Trinajstić information content (AvgIpc) is 2.59. The van der Waals surface area contributed by atoms with Crippen LogP contribution in [-0.4, -0.2) is 46.5 Å². The molecule has 3 N–H and O–H groups in total. The third-order valence-corrected chi connectivity index (χ3v) is 5.36. The monoisotopic (exact) mass is 348 g/mol. The molecule has 0 spiro atoms. The molecule has 0 aromatic carbocycles. The number of hydrogen-bond acceptors (Lipinski definition) is 4. The van der Waals surface area contributed by atoms with Crippen molar-refractivity contribution in [2.45, 2.75) is 57.4 Å². The number of carbonyl (C=O) groups is 1. The van der Waals surface area contributed by atoms with Crippen LogP contribution in [0.4, 0.5) is 0 Å². The lowest BCUT2D eigenvalue weighted by molar-refractivity contribution is -0.121. The maximum absolute atomic E-state index is 12.2. The topological polar surface area (TPSA) is 98.1 Å². The van der Waals surface area contributed by atoms with E-state index in [1.807, 2.05) is 0 Å². The normalized spacial score (nSPS) is 22.6. The highest BCUT2D eigenvalue weighted by Crippen LogP contribution is 2.25. The molecule has 1 atom stereocenters. The van der Waals surface area contributed by atoms with E-state index >= 15 is 0 Å². The Kier molecular flexibility index (Phi) is 6.07. The Labute approximate surface area is 147 Å². The second kappa shape index (κ2) is 8.47. The zero-order valence-corrected chi connectivity index (χ0v) is 14.7. The summed E-state index contributed by atoms with van der Waals surface area (Å²) in [6, 6.07) is 0.145. The summed E-state index contributed by atoms with van der Waals surface area (Å²) >= 11 is 0. The highest BCUT2D eigenvalue weighted by Gasteiger charge is 2.24. The van der Waals surface area contributed by atoms with Gasteiger partial charge in [0, 0.05) is 30.9 Å². The lowest BCUT2D eigenvalue weighted by Gasteiger charge is -2.36. The first-order valence-electron chi connectivity index (χ1n) is 9.43. The lowest BCUT2D eigenvalue weighted by atomic mass is 9.88. The van der Waals surface area contributed by atoms with Crippen molar-refractivity contribution in [3.05, 3.63) is 32.6 Å². The van der Waals surface area contributed by atoms with E-state index in [4.69, 9.17) is 0 Å². The summed E-state index contributed by atoms with van der Waals surface area (Å²) in [6.07, 6.45) is 10.1. The third-order valence-electron chi connectivity index (χ3n) is 5.36. The fraction of sp³-hybridized carbons (Fsp3) is 0.722. The molecule has 2 aliphatic rings. The Morgan fingerprint density at radius 3 is 2.72 bits per heavy atom. The van der Waals surface area contributed by atoms with Gasteiger partial charge in [0.15, 0.2) is 0 Å². The number of amides is 1. The van der Waals surface area contributed by atoms with Crippen LogP contribution in [0.25, 0.3) is 0 Å². The molecule has 1 saturated heterocycles. The van der Waals surface area contributed by atoms with Crippen LogP contribution in [0.2, 0.25) is 0 Å². The molecule has 2 fully saturated rings. The molecule has 1 amide bonds. The molecule has 1 aromatic rings. The average molecular weight is 348 g/mol. The van der Waals surface area contributed by atoms with Crippen LogP contribution in [0.1, 0.15) is 50.5 Å². The Bertz CT molecular complexity index is 690. The van der Waals surface area contributed by atoms with Gasteiger partial charge in [-0.3, -0.25) is 14.6 Å². The minimum Gasteiger partial charge on any atom is -0.352 e. The molecule has 138 valence electrons. The van der Waals surface area contributed by atoms with E-state index in [0.29, 0.717) is 0 Å². The van der Waals surface area contributed by atoms with Crippen molar-refractivity contribution in [3.63, 3.8) is 0 Å². The van der Waals surface area contributed by atoms with E-state index < -0.39 is 11.2 Å². The maximum atomic E-state index is 12.2. The quantitative estimate of drug-likeness (QED) is 0.732. The van der Waals surface area contributed by atoms with Crippen molar-refractivity contribution >= 4 is 5.91 Å². The number of aromatic amines is 2. The van der Waals surface area contributed by atoms with Gasteiger partial charge in [-0.1, -0.05) is 19.3 Å². The van der Waals surface area contributed by atoms with Crippen LogP contribution in [-0.2, 0) is 11.2 Å². The van der Waals surface area contributed by atoms with E-state index in [9.17, 15) is 14.4 Å². The molecule has 0 bridgehead atoms. The Morgan fingerprint density at radius 2 is 1.96 bits per heavy atom. The predicted octanol–water partition coefficient (Wildman–Crippen LogP) is 0.767. The van der Waals surface area contributed by atoms with Gasteiger partial charge < -0.3 is 15.2 Å². The van der Waals surface area contributed by atoms with Gasteiger partial charge in [0.1, 0.15) is 0 Å². The molecule has 1 aromatic heterocycles. The zero-order chi connectivity index (χ0) is 17.6. The van der Waals surface area contributed by atoms with Gasteiger partial charge in [0.2, 0.25) is 5.91 Å². The first-order valence-corrected chi connectivity index (χ1v) is 9.43. The second-order valence-corrected chi connectivity index (χ2v) is 7.44. The maximum Gasteiger partial charge on any atom is 0.325 e. The summed E-state index contributed by atoms with van der Waals surface area (Å²) in [5.41, 5.74) is -0.770. The summed E-state index contributed by atoms with van der Waals surface area (Å²) in [5, 5.41) is 3.05. The molecular weight excluding hydrogens is 320 g/mol. The first-order chi connectivity index (χ1) is 12.1. The summed E-state index contributed by atoms with van der Waals surface area (Å²) < 4.78 is 0. The van der Waals surface area contributed by atoms with Crippen LogP contribution in [0, 0.1) is 5.92 Å². The fourth-order valence-electron chi connectivity index (χ4n) is 4.09. The molecule has 1 aliphatic carbocycles. The molecule has 2 heterocycles. The van der Waals surface area contributed by atoms with Crippen LogP contribution in [0.5, 0.6) is 0 Å². The summed E-state index contributed by atoms with van der Waals surface area (Å²) in [4.78, 5) is 42.0. The van der Waals surface area contributed by atoms with E-state index in [2.05, 4.69) is 20.2 Å². The molecular formula is C18H28N4O3. The molecule has 1 saturated carbocycles. The van der Waals surface area contributed by atoms with Gasteiger partial charge in [0.05, 0.1) is 6.42 Å². The second-order valence-electron chi connectivity index (χ2n) is 7.44. The number of rotatable bonds is 5. The van der Waals surface area contributed by atoms with Crippen molar-refractivity contribution in [2.24, 2.45) is 5.92 Å². The van der Waals surface area contributed by atoms with Crippen molar-refractivity contribution in [1.82, 2.24) is 20.2 Å². The van der Waals surface area contributed by atoms with Gasteiger partial charge >= 0.3 is 5.69 Å². The van der Waals surface area contributed by atoms with Crippen LogP contribution in [0.3, 0.4) is 0 Å². The van der Waals surface area contributed by atoms with E-state index in [-0.39, 0.29) is 23.9 Å². The van der Waals surface area contributed by atoms with Gasteiger partial charge in [-0.15, -0.1) is 0 Å². The Morgan fingerprint density at radius 1 is 1.16 bits per heavy atom. The molecule has 1 aliphatic heterocycles. The zero-order valence-electron chi connectivity index (χ0n) is 14.7. The van der Waals surface area contributed by atoms with E-state index in [1.165, 1.54) is 38.3 Å². The van der Waals surface area contributed by atoms with Crippen molar-refractivity contribution in [3.8, 4) is 0 Å². The molecule has 0 unspecified atom stereocenters. The number of nitrogens with zero attached hydrogens (tertiary/aromatic N) is 1. The van der Waals surface area contributed by atoms with Gasteiger partial charge in [-0.25, -0.2) is 4.79 Å². The largest absolute Gasteiger partial charge is 0.352 e. The summed E-state index contributed by atoms with van der Waals surface area (Å²) in [5.74, 6) is 0.643. The number of carbonyl (C=O) groups excluding carboxylic acids is 1. The smallest absolute Gasteiger partial charge is 0.325 e.